The number of aliphatic carboxylic acids is 2. The number of nitrogens with two attached hydrogens (primary N) is 6. The van der Waals surface area contributed by atoms with Crippen LogP contribution in [0.25, 0.3) is 0 Å². The number of carbonyl (C=O) groups excluding carboxylic acids is 4. The van der Waals surface area contributed by atoms with E-state index in [1.165, 1.54) is 0 Å². The maximum atomic E-state index is 13.1. The molecule has 232 valence electrons. The molecule has 0 aromatic carbocycles. The first-order chi connectivity index (χ1) is 19.1. The Balaban J connectivity index is 5.68. The van der Waals surface area contributed by atoms with Crippen LogP contribution in [0.3, 0.4) is 0 Å². The predicted molar refractivity (Wildman–Crippen MR) is 147 cm³/mol. The molecule has 19 nitrogen and oxygen atoms in total. The highest BCUT2D eigenvalue weighted by Crippen LogP contribution is 2.06. The van der Waals surface area contributed by atoms with Crippen molar-refractivity contribution in [3.8, 4) is 0 Å². The first kappa shape index (κ1) is 36.3. The van der Waals surface area contributed by atoms with Gasteiger partial charge in [0.25, 0.3) is 0 Å². The van der Waals surface area contributed by atoms with E-state index in [-0.39, 0.29) is 57.1 Å². The molecule has 0 aliphatic carbocycles. The zero-order chi connectivity index (χ0) is 31.5. The first-order valence-electron chi connectivity index (χ1n) is 12.6. The Morgan fingerprint density at radius 2 is 1.05 bits per heavy atom. The van der Waals surface area contributed by atoms with Crippen molar-refractivity contribution < 1.29 is 39.0 Å². The van der Waals surface area contributed by atoms with Gasteiger partial charge in [-0.1, -0.05) is 0 Å². The molecule has 0 fully saturated rings. The SMILES string of the molecule is NC(=O)CCC(NC(=O)C(N)CCCN=C(N)N)C(=O)NC(CCCN=C(N)N)C(=O)NC(CCC(=O)O)C(=O)O. The molecule has 0 aromatic rings. The highest BCUT2D eigenvalue weighted by Gasteiger charge is 2.30. The number of primary amides is 1. The van der Waals surface area contributed by atoms with E-state index in [0.29, 0.717) is 6.42 Å². The average Bonchev–Trinajstić information content (AvgIpc) is 2.87. The van der Waals surface area contributed by atoms with Crippen molar-refractivity contribution in [2.24, 2.45) is 44.4 Å². The van der Waals surface area contributed by atoms with Crippen molar-refractivity contribution in [2.45, 2.75) is 75.5 Å². The maximum absolute atomic E-state index is 13.1. The Hall–Kier alpha value is -4.68. The van der Waals surface area contributed by atoms with Crippen LogP contribution in [0.1, 0.15) is 51.4 Å². The number of hydrogen-bond acceptors (Lipinski definition) is 9. The quantitative estimate of drug-likeness (QED) is 0.0341. The number of nitrogens with zero attached hydrogens (tertiary/aromatic N) is 2. The molecular weight excluding hydrogens is 546 g/mol. The molecule has 41 heavy (non-hydrogen) atoms. The predicted octanol–water partition coefficient (Wildman–Crippen LogP) is -4.91. The Bertz CT molecular complexity index is 981. The molecule has 0 saturated heterocycles. The van der Waals surface area contributed by atoms with Crippen LogP contribution in [0.4, 0.5) is 0 Å². The number of rotatable bonds is 21. The van der Waals surface area contributed by atoms with Gasteiger partial charge in [0.2, 0.25) is 23.6 Å². The number of carbonyl (C=O) groups is 6. The van der Waals surface area contributed by atoms with Gasteiger partial charge in [-0.15, -0.1) is 0 Å². The Morgan fingerprint density at radius 3 is 1.51 bits per heavy atom. The zero-order valence-corrected chi connectivity index (χ0v) is 22.6. The molecule has 0 rings (SSSR count). The third kappa shape index (κ3) is 17.5. The number of aliphatic imine (C=N–C) groups is 2. The van der Waals surface area contributed by atoms with Gasteiger partial charge in [-0.05, 0) is 38.5 Å². The second kappa shape index (κ2) is 19.4. The summed E-state index contributed by atoms with van der Waals surface area (Å²) in [5.41, 5.74) is 32.1. The third-order valence-corrected chi connectivity index (χ3v) is 5.46. The highest BCUT2D eigenvalue weighted by atomic mass is 16.4. The molecule has 4 unspecified atom stereocenters. The second-order valence-corrected chi connectivity index (χ2v) is 8.96. The van der Waals surface area contributed by atoms with Crippen LogP contribution < -0.4 is 50.4 Å². The van der Waals surface area contributed by atoms with E-state index in [9.17, 15) is 33.9 Å². The number of carboxylic acids is 2. The lowest BCUT2D eigenvalue weighted by Gasteiger charge is -2.25. The highest BCUT2D eigenvalue weighted by molar-refractivity contribution is 5.94. The zero-order valence-electron chi connectivity index (χ0n) is 22.6. The topological polar surface area (TPSA) is 360 Å². The number of amides is 4. The molecule has 0 saturated carbocycles. The van der Waals surface area contributed by atoms with Crippen LogP contribution in [0.2, 0.25) is 0 Å². The van der Waals surface area contributed by atoms with Crippen LogP contribution in [-0.2, 0) is 28.8 Å². The van der Waals surface area contributed by atoms with Gasteiger partial charge in [0.15, 0.2) is 11.9 Å². The molecule has 4 amide bonds. The van der Waals surface area contributed by atoms with E-state index in [1.54, 1.807) is 0 Å². The summed E-state index contributed by atoms with van der Waals surface area (Å²) in [6.07, 6.45) is -0.856. The van der Waals surface area contributed by atoms with E-state index in [2.05, 4.69) is 25.9 Å². The van der Waals surface area contributed by atoms with Crippen molar-refractivity contribution in [3.05, 3.63) is 0 Å². The van der Waals surface area contributed by atoms with E-state index in [1.807, 2.05) is 0 Å². The molecule has 0 spiro atoms. The van der Waals surface area contributed by atoms with Gasteiger partial charge in [-0.2, -0.15) is 0 Å². The van der Waals surface area contributed by atoms with Gasteiger partial charge in [0, 0.05) is 25.9 Å². The van der Waals surface area contributed by atoms with Crippen molar-refractivity contribution in [1.82, 2.24) is 16.0 Å². The molecular formula is C22H41N11O8. The molecule has 0 aromatic heterocycles. The third-order valence-electron chi connectivity index (χ3n) is 5.46. The van der Waals surface area contributed by atoms with Crippen molar-refractivity contribution in [2.75, 3.05) is 13.1 Å². The van der Waals surface area contributed by atoms with Crippen LogP contribution >= 0.6 is 0 Å². The lowest BCUT2D eigenvalue weighted by atomic mass is 10.0. The number of carboxylic acid groups (broad SMARTS) is 2. The van der Waals surface area contributed by atoms with Gasteiger partial charge in [-0.25, -0.2) is 4.79 Å². The summed E-state index contributed by atoms with van der Waals surface area (Å²) >= 11 is 0. The van der Waals surface area contributed by atoms with Crippen molar-refractivity contribution in [3.63, 3.8) is 0 Å². The van der Waals surface area contributed by atoms with Gasteiger partial charge in [0.05, 0.1) is 6.04 Å². The monoisotopic (exact) mass is 587 g/mol. The van der Waals surface area contributed by atoms with Gasteiger partial charge in [0.1, 0.15) is 18.1 Å². The fourth-order valence-corrected chi connectivity index (χ4v) is 3.33. The Morgan fingerprint density at radius 1 is 0.610 bits per heavy atom. The minimum Gasteiger partial charge on any atom is -0.481 e. The largest absolute Gasteiger partial charge is 0.481 e. The summed E-state index contributed by atoms with van der Waals surface area (Å²) < 4.78 is 0. The Kier molecular flexibility index (Phi) is 17.2. The number of nitrogens with one attached hydrogen (secondary N) is 3. The van der Waals surface area contributed by atoms with Crippen molar-refractivity contribution >= 4 is 47.5 Å². The molecule has 0 radical (unpaired) electrons. The minimum absolute atomic E-state index is 0.0690. The summed E-state index contributed by atoms with van der Waals surface area (Å²) in [7, 11) is 0. The summed E-state index contributed by atoms with van der Waals surface area (Å²) in [6.45, 7) is 0.287. The van der Waals surface area contributed by atoms with Gasteiger partial charge < -0.3 is 60.6 Å². The van der Waals surface area contributed by atoms with Gasteiger partial charge in [-0.3, -0.25) is 34.0 Å². The summed E-state index contributed by atoms with van der Waals surface area (Å²) in [5.74, 6) is -6.39. The fourth-order valence-electron chi connectivity index (χ4n) is 3.33. The fraction of sp³-hybridized carbons (Fsp3) is 0.636. The number of guanidine groups is 2. The lowest BCUT2D eigenvalue weighted by Crippen LogP contribution is -2.57. The minimum atomic E-state index is -1.56. The average molecular weight is 588 g/mol. The van der Waals surface area contributed by atoms with Crippen LogP contribution in [-0.4, -0.2) is 95.0 Å². The van der Waals surface area contributed by atoms with Crippen LogP contribution in [0, 0.1) is 0 Å². The van der Waals surface area contributed by atoms with E-state index in [4.69, 9.17) is 39.5 Å². The smallest absolute Gasteiger partial charge is 0.326 e. The molecule has 0 aliphatic rings. The van der Waals surface area contributed by atoms with Gasteiger partial charge >= 0.3 is 11.9 Å². The molecule has 4 atom stereocenters. The molecule has 0 bridgehead atoms. The summed E-state index contributed by atoms with van der Waals surface area (Å²) in [5, 5.41) is 25.3. The Labute approximate surface area is 235 Å². The van der Waals surface area contributed by atoms with E-state index in [0.717, 1.165) is 0 Å². The van der Waals surface area contributed by atoms with Crippen molar-refractivity contribution in [1.29, 1.82) is 0 Å². The van der Waals surface area contributed by atoms with E-state index >= 15 is 0 Å². The standard InChI is InChI=1S/C22H41N11O8/c23-11(3-1-9-29-21(25)26)17(37)31-13(5-7-15(24)34)19(39)32-12(4-2-10-30-22(27)28)18(38)33-14(20(40)41)6-8-16(35)36/h11-14H,1-10,23H2,(H2,24,34)(H,31,37)(H,32,39)(H,33,38)(H,35,36)(H,40,41)(H4,25,26,29)(H4,27,28,30). The van der Waals surface area contributed by atoms with Crippen LogP contribution in [0.5, 0.6) is 0 Å². The lowest BCUT2D eigenvalue weighted by molar-refractivity contribution is -0.143. The van der Waals surface area contributed by atoms with Crippen LogP contribution in [0.15, 0.2) is 9.98 Å². The molecule has 0 aliphatic heterocycles. The molecule has 0 heterocycles. The van der Waals surface area contributed by atoms with E-state index < -0.39 is 72.6 Å². The first-order valence-corrected chi connectivity index (χ1v) is 12.6. The molecule has 19 heteroatoms. The summed E-state index contributed by atoms with van der Waals surface area (Å²) in [6, 6.07) is -5.30. The second-order valence-electron chi connectivity index (χ2n) is 8.96. The maximum Gasteiger partial charge on any atom is 0.326 e. The summed E-state index contributed by atoms with van der Waals surface area (Å²) in [4.78, 5) is 80.0. The molecule has 17 N–H and O–H groups in total. The normalized spacial score (nSPS) is 13.4. The number of hydrogen-bond donors (Lipinski definition) is 11.